The third-order valence-corrected chi connectivity index (χ3v) is 2.05. The monoisotopic (exact) mass is 201 g/mol. The summed E-state index contributed by atoms with van der Waals surface area (Å²) in [5.74, 6) is -0.797. The van der Waals surface area contributed by atoms with Crippen LogP contribution in [0.1, 0.15) is 39.0 Å². The fourth-order valence-corrected chi connectivity index (χ4v) is 1.10. The number of amides is 1. The zero-order valence-electron chi connectivity index (χ0n) is 8.95. The van der Waals surface area contributed by atoms with E-state index in [0.717, 1.165) is 19.4 Å². The number of aliphatic carboxylic acids is 1. The molecular formula is C10H19NO3. The zero-order valence-corrected chi connectivity index (χ0v) is 8.95. The summed E-state index contributed by atoms with van der Waals surface area (Å²) in [7, 11) is 1.76. The first-order valence-corrected chi connectivity index (χ1v) is 5.03. The van der Waals surface area contributed by atoms with Crippen LogP contribution >= 0.6 is 0 Å². The van der Waals surface area contributed by atoms with Gasteiger partial charge in [0.2, 0.25) is 5.91 Å². The van der Waals surface area contributed by atoms with Crippen LogP contribution in [-0.2, 0) is 9.59 Å². The zero-order chi connectivity index (χ0) is 11.0. The minimum Gasteiger partial charge on any atom is -0.481 e. The second-order valence-electron chi connectivity index (χ2n) is 3.42. The number of rotatable bonds is 7. The summed E-state index contributed by atoms with van der Waals surface area (Å²) >= 11 is 0. The Labute approximate surface area is 84.9 Å². The molecule has 0 aromatic heterocycles. The highest BCUT2D eigenvalue weighted by atomic mass is 16.4. The number of carbonyl (C=O) groups excluding carboxylic acids is 1. The van der Waals surface area contributed by atoms with Crippen LogP contribution < -0.4 is 0 Å². The van der Waals surface area contributed by atoms with Gasteiger partial charge in [0.15, 0.2) is 0 Å². The number of carboxylic acid groups (broad SMARTS) is 1. The molecule has 0 radical (unpaired) electrons. The van der Waals surface area contributed by atoms with Crippen molar-refractivity contribution >= 4 is 11.9 Å². The topological polar surface area (TPSA) is 57.6 Å². The van der Waals surface area contributed by atoms with Crippen LogP contribution in [0.25, 0.3) is 0 Å². The van der Waals surface area contributed by atoms with E-state index in [1.54, 1.807) is 11.9 Å². The lowest BCUT2D eigenvalue weighted by molar-refractivity contribution is -0.137. The van der Waals surface area contributed by atoms with Crippen molar-refractivity contribution in [3.8, 4) is 0 Å². The van der Waals surface area contributed by atoms with E-state index in [9.17, 15) is 9.59 Å². The average molecular weight is 201 g/mol. The number of hydrogen-bond acceptors (Lipinski definition) is 2. The summed E-state index contributed by atoms with van der Waals surface area (Å²) in [5, 5.41) is 8.38. The molecule has 0 aliphatic carbocycles. The summed E-state index contributed by atoms with van der Waals surface area (Å²) in [6, 6.07) is 0. The van der Waals surface area contributed by atoms with Gasteiger partial charge in [0.1, 0.15) is 0 Å². The summed E-state index contributed by atoms with van der Waals surface area (Å²) in [6.07, 6.45) is 2.92. The first-order chi connectivity index (χ1) is 6.57. The van der Waals surface area contributed by atoms with Crippen LogP contribution in [0, 0.1) is 0 Å². The molecule has 0 saturated heterocycles. The van der Waals surface area contributed by atoms with Crippen molar-refractivity contribution in [1.82, 2.24) is 4.90 Å². The smallest absolute Gasteiger partial charge is 0.303 e. The van der Waals surface area contributed by atoms with Crippen LogP contribution in [0.3, 0.4) is 0 Å². The third-order valence-electron chi connectivity index (χ3n) is 2.05. The maximum absolute atomic E-state index is 11.4. The molecular weight excluding hydrogens is 182 g/mol. The minimum absolute atomic E-state index is 0.0414. The molecule has 0 spiro atoms. The number of hydrogen-bond donors (Lipinski definition) is 1. The van der Waals surface area contributed by atoms with Crippen molar-refractivity contribution in [2.24, 2.45) is 0 Å². The SMILES string of the molecule is CCCCN(C)C(=O)CCCC(=O)O. The molecule has 82 valence electrons. The fourth-order valence-electron chi connectivity index (χ4n) is 1.10. The van der Waals surface area contributed by atoms with E-state index in [2.05, 4.69) is 6.92 Å². The predicted molar refractivity (Wildman–Crippen MR) is 54.0 cm³/mol. The first-order valence-electron chi connectivity index (χ1n) is 5.03. The van der Waals surface area contributed by atoms with Gasteiger partial charge in [-0.1, -0.05) is 13.3 Å². The first kappa shape index (κ1) is 12.9. The molecule has 0 saturated carbocycles. The summed E-state index contributed by atoms with van der Waals surface area (Å²) < 4.78 is 0. The van der Waals surface area contributed by atoms with E-state index < -0.39 is 5.97 Å². The summed E-state index contributed by atoms with van der Waals surface area (Å²) in [4.78, 5) is 23.2. The Bertz CT molecular complexity index is 192. The minimum atomic E-state index is -0.839. The van der Waals surface area contributed by atoms with Gasteiger partial charge < -0.3 is 10.0 Å². The van der Waals surface area contributed by atoms with E-state index >= 15 is 0 Å². The molecule has 0 rings (SSSR count). The van der Waals surface area contributed by atoms with E-state index in [4.69, 9.17) is 5.11 Å². The molecule has 1 N–H and O–H groups in total. The predicted octanol–water partition coefficient (Wildman–Crippen LogP) is 1.50. The van der Waals surface area contributed by atoms with Crippen molar-refractivity contribution in [3.05, 3.63) is 0 Å². The van der Waals surface area contributed by atoms with Gasteiger partial charge in [-0.2, -0.15) is 0 Å². The summed E-state index contributed by atoms with van der Waals surface area (Å²) in [5.41, 5.74) is 0. The highest BCUT2D eigenvalue weighted by Crippen LogP contribution is 2.01. The van der Waals surface area contributed by atoms with Crippen LogP contribution in [0.5, 0.6) is 0 Å². The van der Waals surface area contributed by atoms with Crippen molar-refractivity contribution in [2.75, 3.05) is 13.6 Å². The number of carboxylic acids is 1. The highest BCUT2D eigenvalue weighted by Gasteiger charge is 2.08. The van der Waals surface area contributed by atoms with Crippen LogP contribution in [0.15, 0.2) is 0 Å². The Morgan fingerprint density at radius 1 is 1.21 bits per heavy atom. The summed E-state index contributed by atoms with van der Waals surface area (Å²) in [6.45, 7) is 2.84. The van der Waals surface area contributed by atoms with Crippen molar-refractivity contribution < 1.29 is 14.7 Å². The van der Waals surface area contributed by atoms with E-state index in [0.29, 0.717) is 12.8 Å². The van der Waals surface area contributed by atoms with E-state index in [-0.39, 0.29) is 12.3 Å². The van der Waals surface area contributed by atoms with Crippen LogP contribution in [0.2, 0.25) is 0 Å². The van der Waals surface area contributed by atoms with Gasteiger partial charge >= 0.3 is 5.97 Å². The second kappa shape index (κ2) is 7.35. The van der Waals surface area contributed by atoms with Crippen LogP contribution in [-0.4, -0.2) is 35.5 Å². The largest absolute Gasteiger partial charge is 0.481 e. The van der Waals surface area contributed by atoms with Gasteiger partial charge in [0, 0.05) is 26.4 Å². The maximum atomic E-state index is 11.4. The maximum Gasteiger partial charge on any atom is 0.303 e. The van der Waals surface area contributed by atoms with Crippen molar-refractivity contribution in [2.45, 2.75) is 39.0 Å². The molecule has 4 nitrogen and oxygen atoms in total. The van der Waals surface area contributed by atoms with Crippen molar-refractivity contribution in [1.29, 1.82) is 0 Å². The quantitative estimate of drug-likeness (QED) is 0.679. The third kappa shape index (κ3) is 6.46. The molecule has 0 aliphatic heterocycles. The lowest BCUT2D eigenvalue weighted by Crippen LogP contribution is -2.27. The molecule has 14 heavy (non-hydrogen) atoms. The Kier molecular flexibility index (Phi) is 6.80. The highest BCUT2D eigenvalue weighted by molar-refractivity contribution is 5.76. The Balaban J connectivity index is 3.56. The molecule has 0 aliphatic rings. The molecule has 0 unspecified atom stereocenters. The Morgan fingerprint density at radius 3 is 2.36 bits per heavy atom. The van der Waals surface area contributed by atoms with Gasteiger partial charge in [0.05, 0.1) is 0 Å². The van der Waals surface area contributed by atoms with Crippen molar-refractivity contribution in [3.63, 3.8) is 0 Å². The second-order valence-corrected chi connectivity index (χ2v) is 3.42. The lowest BCUT2D eigenvalue weighted by atomic mass is 10.2. The Hall–Kier alpha value is -1.06. The van der Waals surface area contributed by atoms with Gasteiger partial charge in [-0.05, 0) is 12.8 Å². The Morgan fingerprint density at radius 2 is 1.86 bits per heavy atom. The van der Waals surface area contributed by atoms with Gasteiger partial charge in [-0.3, -0.25) is 9.59 Å². The molecule has 0 heterocycles. The van der Waals surface area contributed by atoms with Gasteiger partial charge in [-0.15, -0.1) is 0 Å². The van der Waals surface area contributed by atoms with E-state index in [1.807, 2.05) is 0 Å². The van der Waals surface area contributed by atoms with Gasteiger partial charge in [-0.25, -0.2) is 0 Å². The normalized spacial score (nSPS) is 9.86. The molecule has 0 bridgehead atoms. The lowest BCUT2D eigenvalue weighted by Gasteiger charge is -2.16. The fraction of sp³-hybridized carbons (Fsp3) is 0.800. The number of nitrogens with zero attached hydrogens (tertiary/aromatic N) is 1. The molecule has 0 atom stereocenters. The van der Waals surface area contributed by atoms with E-state index in [1.165, 1.54) is 0 Å². The molecule has 0 fully saturated rings. The molecule has 0 aromatic carbocycles. The molecule has 4 heteroatoms. The number of carbonyl (C=O) groups is 2. The molecule has 0 aromatic rings. The van der Waals surface area contributed by atoms with Crippen LogP contribution in [0.4, 0.5) is 0 Å². The average Bonchev–Trinajstić information content (AvgIpc) is 2.13. The standard InChI is InChI=1S/C10H19NO3/c1-3-4-8-11(2)9(12)6-5-7-10(13)14/h3-8H2,1-2H3,(H,13,14). The van der Waals surface area contributed by atoms with Gasteiger partial charge in [0.25, 0.3) is 0 Å². The molecule has 1 amide bonds. The number of unbranched alkanes of at least 4 members (excludes halogenated alkanes) is 1.